The van der Waals surface area contributed by atoms with Crippen LogP contribution in [0.1, 0.15) is 32.2 Å². The minimum atomic E-state index is -0.425. The molecule has 0 aliphatic heterocycles. The van der Waals surface area contributed by atoms with Crippen molar-refractivity contribution in [3.05, 3.63) is 101 Å². The monoisotopic (exact) mass is 464 g/mol. The molecule has 2 amide bonds. The van der Waals surface area contributed by atoms with Gasteiger partial charge in [-0.2, -0.15) is 5.10 Å². The van der Waals surface area contributed by atoms with Gasteiger partial charge in [0.1, 0.15) is 18.1 Å². The van der Waals surface area contributed by atoms with Crippen LogP contribution in [0, 0.1) is 0 Å². The number of halogens is 1. The SMILES string of the molecule is Cn1cc(NC(=O)c2cccc(COc3cccc(Cl)c3)c2)c(C(=O)NCc2ccco2)n1. The number of carbonyl (C=O) groups is 2. The maximum absolute atomic E-state index is 12.9. The maximum Gasteiger partial charge on any atom is 0.274 e. The Morgan fingerprint density at radius 2 is 1.94 bits per heavy atom. The van der Waals surface area contributed by atoms with E-state index in [1.54, 1.807) is 61.8 Å². The standard InChI is InChI=1S/C24H21ClN4O4/c1-29-14-21(22(28-29)24(31)26-13-20-9-4-10-32-20)27-23(30)17-6-2-5-16(11-17)15-33-19-8-3-7-18(25)12-19/h2-12,14H,13,15H2,1H3,(H,26,31)(H,27,30). The molecule has 0 bridgehead atoms. The molecule has 4 rings (SSSR count). The number of rotatable bonds is 8. The number of anilines is 1. The summed E-state index contributed by atoms with van der Waals surface area (Å²) in [6.07, 6.45) is 3.11. The fourth-order valence-electron chi connectivity index (χ4n) is 3.13. The van der Waals surface area contributed by atoms with Gasteiger partial charge in [0.25, 0.3) is 11.8 Å². The van der Waals surface area contributed by atoms with E-state index < -0.39 is 5.91 Å². The van der Waals surface area contributed by atoms with Gasteiger partial charge < -0.3 is 19.8 Å². The highest BCUT2D eigenvalue weighted by Gasteiger charge is 2.19. The predicted molar refractivity (Wildman–Crippen MR) is 123 cm³/mol. The molecule has 2 aromatic heterocycles. The van der Waals surface area contributed by atoms with E-state index in [1.807, 2.05) is 12.1 Å². The number of furan rings is 1. The van der Waals surface area contributed by atoms with Crippen LogP contribution in [-0.2, 0) is 20.2 Å². The van der Waals surface area contributed by atoms with E-state index in [4.69, 9.17) is 20.8 Å². The van der Waals surface area contributed by atoms with E-state index in [0.717, 1.165) is 5.56 Å². The van der Waals surface area contributed by atoms with Crippen LogP contribution in [0.4, 0.5) is 5.69 Å². The zero-order valence-electron chi connectivity index (χ0n) is 17.7. The summed E-state index contributed by atoms with van der Waals surface area (Å²) in [5, 5.41) is 10.3. The van der Waals surface area contributed by atoms with E-state index in [0.29, 0.717) is 27.8 Å². The fraction of sp³-hybridized carbons (Fsp3) is 0.125. The molecule has 2 heterocycles. The molecule has 0 saturated heterocycles. The van der Waals surface area contributed by atoms with Gasteiger partial charge in [0.05, 0.1) is 18.5 Å². The van der Waals surface area contributed by atoms with Gasteiger partial charge in [-0.1, -0.05) is 29.8 Å². The Kier molecular flexibility index (Phi) is 6.75. The van der Waals surface area contributed by atoms with Crippen LogP contribution in [0.15, 0.2) is 77.5 Å². The lowest BCUT2D eigenvalue weighted by atomic mass is 10.1. The van der Waals surface area contributed by atoms with Gasteiger partial charge in [0.15, 0.2) is 5.69 Å². The summed E-state index contributed by atoms with van der Waals surface area (Å²) in [7, 11) is 1.67. The molecule has 8 nitrogen and oxygen atoms in total. The zero-order chi connectivity index (χ0) is 23.2. The number of nitrogens with zero attached hydrogens (tertiary/aromatic N) is 2. The number of benzene rings is 2. The number of hydrogen-bond donors (Lipinski definition) is 2. The summed E-state index contributed by atoms with van der Waals surface area (Å²) >= 11 is 5.98. The first-order valence-electron chi connectivity index (χ1n) is 10.1. The van der Waals surface area contributed by atoms with Crippen LogP contribution in [0.2, 0.25) is 5.02 Å². The van der Waals surface area contributed by atoms with Gasteiger partial charge in [-0.05, 0) is 48.0 Å². The van der Waals surface area contributed by atoms with Crippen molar-refractivity contribution in [2.45, 2.75) is 13.2 Å². The Morgan fingerprint density at radius 3 is 2.73 bits per heavy atom. The van der Waals surface area contributed by atoms with E-state index >= 15 is 0 Å². The van der Waals surface area contributed by atoms with Crippen molar-refractivity contribution in [1.82, 2.24) is 15.1 Å². The minimum absolute atomic E-state index is 0.109. The number of carbonyl (C=O) groups excluding carboxylic acids is 2. The fourth-order valence-corrected chi connectivity index (χ4v) is 3.31. The number of aryl methyl sites for hydroxylation is 1. The number of nitrogens with one attached hydrogen (secondary N) is 2. The largest absolute Gasteiger partial charge is 0.489 e. The molecule has 0 atom stereocenters. The Hall–Kier alpha value is -4.04. The molecule has 168 valence electrons. The molecule has 33 heavy (non-hydrogen) atoms. The first-order chi connectivity index (χ1) is 16.0. The second-order valence-corrected chi connectivity index (χ2v) is 7.66. The average molecular weight is 465 g/mol. The summed E-state index contributed by atoms with van der Waals surface area (Å²) in [6, 6.07) is 17.6. The van der Waals surface area contributed by atoms with Crippen LogP contribution in [0.25, 0.3) is 0 Å². The predicted octanol–water partition coefficient (Wildman–Crippen LogP) is 4.43. The molecular weight excluding hydrogens is 444 g/mol. The lowest BCUT2D eigenvalue weighted by Crippen LogP contribution is -2.25. The topological polar surface area (TPSA) is 98.4 Å². The molecule has 4 aromatic rings. The maximum atomic E-state index is 12.9. The quantitative estimate of drug-likeness (QED) is 0.402. The van der Waals surface area contributed by atoms with Crippen molar-refractivity contribution >= 4 is 29.1 Å². The third-order valence-corrected chi connectivity index (χ3v) is 4.92. The smallest absolute Gasteiger partial charge is 0.274 e. The van der Waals surface area contributed by atoms with Crippen molar-refractivity contribution in [3.63, 3.8) is 0 Å². The van der Waals surface area contributed by atoms with Crippen LogP contribution in [-0.4, -0.2) is 21.6 Å². The van der Waals surface area contributed by atoms with Crippen LogP contribution < -0.4 is 15.4 Å². The minimum Gasteiger partial charge on any atom is -0.489 e. The van der Waals surface area contributed by atoms with Crippen LogP contribution >= 0.6 is 11.6 Å². The number of amides is 2. The van der Waals surface area contributed by atoms with Gasteiger partial charge in [-0.3, -0.25) is 14.3 Å². The molecule has 2 aromatic carbocycles. The number of hydrogen-bond acceptors (Lipinski definition) is 5. The molecule has 0 radical (unpaired) electrons. The van der Waals surface area contributed by atoms with E-state index in [-0.39, 0.29) is 24.8 Å². The first kappa shape index (κ1) is 22.2. The second-order valence-electron chi connectivity index (χ2n) is 7.23. The summed E-state index contributed by atoms with van der Waals surface area (Å²) in [5.74, 6) is 0.457. The highest BCUT2D eigenvalue weighted by molar-refractivity contribution is 6.30. The molecule has 0 spiro atoms. The molecule has 0 fully saturated rings. The van der Waals surface area contributed by atoms with Crippen molar-refractivity contribution in [2.75, 3.05) is 5.32 Å². The summed E-state index contributed by atoms with van der Waals surface area (Å²) in [6.45, 7) is 0.485. The Bertz CT molecular complexity index is 1270. The van der Waals surface area contributed by atoms with Gasteiger partial charge in [0.2, 0.25) is 0 Å². The second kappa shape index (κ2) is 10.1. The lowest BCUT2D eigenvalue weighted by Gasteiger charge is -2.09. The Balaban J connectivity index is 1.42. The van der Waals surface area contributed by atoms with Crippen molar-refractivity contribution in [2.24, 2.45) is 7.05 Å². The number of aromatic nitrogens is 2. The lowest BCUT2D eigenvalue weighted by molar-refractivity contribution is 0.0943. The van der Waals surface area contributed by atoms with Crippen LogP contribution in [0.3, 0.4) is 0 Å². The Labute approximate surface area is 195 Å². The van der Waals surface area contributed by atoms with E-state index in [9.17, 15) is 9.59 Å². The molecule has 0 saturated carbocycles. The highest BCUT2D eigenvalue weighted by Crippen LogP contribution is 2.19. The Morgan fingerprint density at radius 1 is 1.09 bits per heavy atom. The number of ether oxygens (including phenoxy) is 1. The highest BCUT2D eigenvalue weighted by atomic mass is 35.5. The van der Waals surface area contributed by atoms with Gasteiger partial charge in [-0.25, -0.2) is 0 Å². The third kappa shape index (κ3) is 5.81. The normalized spacial score (nSPS) is 10.6. The van der Waals surface area contributed by atoms with Gasteiger partial charge in [-0.15, -0.1) is 0 Å². The summed E-state index contributed by atoms with van der Waals surface area (Å²) < 4.78 is 12.4. The molecular formula is C24H21ClN4O4. The molecule has 0 unspecified atom stereocenters. The summed E-state index contributed by atoms with van der Waals surface area (Å²) in [4.78, 5) is 25.4. The van der Waals surface area contributed by atoms with Crippen molar-refractivity contribution < 1.29 is 18.7 Å². The van der Waals surface area contributed by atoms with Crippen molar-refractivity contribution in [3.8, 4) is 5.75 Å². The van der Waals surface area contributed by atoms with E-state index in [1.165, 1.54) is 10.9 Å². The average Bonchev–Trinajstić information content (AvgIpc) is 3.46. The third-order valence-electron chi connectivity index (χ3n) is 4.69. The molecule has 9 heteroatoms. The van der Waals surface area contributed by atoms with Crippen LogP contribution in [0.5, 0.6) is 5.75 Å². The van der Waals surface area contributed by atoms with Gasteiger partial charge in [0, 0.05) is 23.8 Å². The first-order valence-corrected chi connectivity index (χ1v) is 10.5. The molecule has 2 N–H and O–H groups in total. The van der Waals surface area contributed by atoms with Crippen molar-refractivity contribution in [1.29, 1.82) is 0 Å². The molecule has 0 aliphatic rings. The molecule has 0 aliphatic carbocycles. The summed E-state index contributed by atoms with van der Waals surface area (Å²) in [5.41, 5.74) is 1.65. The van der Waals surface area contributed by atoms with Gasteiger partial charge >= 0.3 is 0 Å². The zero-order valence-corrected chi connectivity index (χ0v) is 18.5. The van der Waals surface area contributed by atoms with E-state index in [2.05, 4.69) is 15.7 Å².